The van der Waals surface area contributed by atoms with E-state index in [9.17, 15) is 9.59 Å². The fraction of sp³-hybridized carbons (Fsp3) is 0.0909. The number of carbonyl (C=O) groups is 2. The molecule has 0 saturated carbocycles. The highest BCUT2D eigenvalue weighted by Crippen LogP contribution is 2.25. The molecule has 0 N–H and O–H groups in total. The fourth-order valence-corrected chi connectivity index (χ4v) is 3.43. The van der Waals surface area contributed by atoms with Crippen LogP contribution in [0, 0.1) is 6.92 Å². The summed E-state index contributed by atoms with van der Waals surface area (Å²) in [4.78, 5) is 24.9. The summed E-state index contributed by atoms with van der Waals surface area (Å²) in [6, 6.07) is 13.7. The van der Waals surface area contributed by atoms with Crippen molar-refractivity contribution in [1.29, 1.82) is 0 Å². The molecular weight excluding hydrogens is 360 g/mol. The number of thioether (sulfide) groups is 2. The quantitative estimate of drug-likeness (QED) is 0.341. The summed E-state index contributed by atoms with van der Waals surface area (Å²) < 4.78 is 0. The Kier molecular flexibility index (Phi) is 7.25. The van der Waals surface area contributed by atoms with Gasteiger partial charge in [-0.1, -0.05) is 43.5 Å². The molecule has 0 aliphatic heterocycles. The number of aryl methyl sites for hydroxylation is 1. The molecule has 132 valence electrons. The van der Waals surface area contributed by atoms with Crippen LogP contribution in [0.2, 0.25) is 0 Å². The largest absolute Gasteiger partial charge is 0.282 e. The van der Waals surface area contributed by atoms with Gasteiger partial charge in [0, 0.05) is 9.79 Å². The standard InChI is InChI=1S/C22H20O2S2/c1-5-21(23)25-20-13-10-18(16(4)14-20)9-6-17-7-11-19(12-8-17)26-22(24)15(2)3/h5-14H,1-2H2,3-4H3. The molecule has 26 heavy (non-hydrogen) atoms. The Morgan fingerprint density at radius 1 is 0.962 bits per heavy atom. The first-order valence-corrected chi connectivity index (χ1v) is 9.63. The van der Waals surface area contributed by atoms with E-state index in [1.807, 2.05) is 61.5 Å². The summed E-state index contributed by atoms with van der Waals surface area (Å²) in [7, 11) is 0. The van der Waals surface area contributed by atoms with E-state index in [1.165, 1.54) is 29.6 Å². The highest BCUT2D eigenvalue weighted by atomic mass is 32.2. The van der Waals surface area contributed by atoms with Crippen molar-refractivity contribution in [1.82, 2.24) is 0 Å². The number of hydrogen-bond acceptors (Lipinski definition) is 4. The molecule has 0 atom stereocenters. The van der Waals surface area contributed by atoms with Crippen LogP contribution in [-0.4, -0.2) is 10.2 Å². The second-order valence-corrected chi connectivity index (χ2v) is 7.84. The summed E-state index contributed by atoms with van der Waals surface area (Å²) >= 11 is 2.36. The van der Waals surface area contributed by atoms with Crippen molar-refractivity contribution in [3.05, 3.63) is 84.0 Å². The zero-order chi connectivity index (χ0) is 19.1. The van der Waals surface area contributed by atoms with Gasteiger partial charge in [0.15, 0.2) is 0 Å². The van der Waals surface area contributed by atoms with Crippen LogP contribution in [0.5, 0.6) is 0 Å². The first-order valence-electron chi connectivity index (χ1n) is 8.00. The van der Waals surface area contributed by atoms with Crippen LogP contribution in [0.3, 0.4) is 0 Å². The third-order valence-electron chi connectivity index (χ3n) is 3.52. The average Bonchev–Trinajstić information content (AvgIpc) is 2.62. The third-order valence-corrected chi connectivity index (χ3v) is 5.42. The fourth-order valence-electron chi connectivity index (χ4n) is 2.08. The van der Waals surface area contributed by atoms with Crippen molar-refractivity contribution >= 4 is 45.9 Å². The summed E-state index contributed by atoms with van der Waals surface area (Å²) in [5.74, 6) is 0. The van der Waals surface area contributed by atoms with E-state index in [2.05, 4.69) is 13.2 Å². The van der Waals surface area contributed by atoms with Crippen molar-refractivity contribution in [3.8, 4) is 0 Å². The van der Waals surface area contributed by atoms with E-state index < -0.39 is 0 Å². The van der Waals surface area contributed by atoms with Gasteiger partial charge in [0.2, 0.25) is 10.2 Å². The molecule has 2 aromatic rings. The highest BCUT2D eigenvalue weighted by Gasteiger charge is 2.05. The van der Waals surface area contributed by atoms with Gasteiger partial charge in [-0.2, -0.15) is 0 Å². The van der Waals surface area contributed by atoms with Crippen molar-refractivity contribution in [2.24, 2.45) is 0 Å². The normalized spacial score (nSPS) is 10.7. The molecule has 2 aromatic carbocycles. The van der Waals surface area contributed by atoms with Crippen LogP contribution in [0.15, 0.2) is 77.1 Å². The Labute approximate surface area is 163 Å². The summed E-state index contributed by atoms with van der Waals surface area (Å²) in [5, 5.41) is -0.0763. The first kappa shape index (κ1) is 20.0. The molecule has 0 fully saturated rings. The number of carbonyl (C=O) groups excluding carboxylic acids is 2. The first-order chi connectivity index (χ1) is 12.4. The second kappa shape index (κ2) is 9.41. The minimum atomic E-state index is -0.0595. The Balaban J connectivity index is 2.07. The molecule has 0 aromatic heterocycles. The van der Waals surface area contributed by atoms with E-state index in [-0.39, 0.29) is 10.2 Å². The maximum absolute atomic E-state index is 11.7. The van der Waals surface area contributed by atoms with Gasteiger partial charge in [0.05, 0.1) is 0 Å². The van der Waals surface area contributed by atoms with Crippen LogP contribution < -0.4 is 0 Å². The van der Waals surface area contributed by atoms with E-state index in [0.29, 0.717) is 5.57 Å². The Hall–Kier alpha value is -2.30. The van der Waals surface area contributed by atoms with Crippen LogP contribution in [-0.2, 0) is 9.59 Å². The van der Waals surface area contributed by atoms with Gasteiger partial charge >= 0.3 is 0 Å². The van der Waals surface area contributed by atoms with Crippen LogP contribution >= 0.6 is 23.5 Å². The topological polar surface area (TPSA) is 34.1 Å². The van der Waals surface area contributed by atoms with Gasteiger partial charge in [0.1, 0.15) is 0 Å². The number of hydrogen-bond donors (Lipinski definition) is 0. The molecule has 0 aliphatic carbocycles. The summed E-state index contributed by atoms with van der Waals surface area (Å²) in [6.45, 7) is 10.9. The SMILES string of the molecule is C=CC(=O)Sc1ccc(C=Cc2ccc(SC(=O)C(=C)C)cc2)c(C)c1. The third kappa shape index (κ3) is 5.90. The Morgan fingerprint density at radius 3 is 2.19 bits per heavy atom. The summed E-state index contributed by atoms with van der Waals surface area (Å²) in [6.07, 6.45) is 5.39. The number of rotatable bonds is 6. The van der Waals surface area contributed by atoms with Gasteiger partial charge < -0.3 is 0 Å². The highest BCUT2D eigenvalue weighted by molar-refractivity contribution is 8.14. The van der Waals surface area contributed by atoms with Gasteiger partial charge in [-0.15, -0.1) is 0 Å². The van der Waals surface area contributed by atoms with Crippen molar-refractivity contribution in [3.63, 3.8) is 0 Å². The van der Waals surface area contributed by atoms with Gasteiger partial charge in [0.25, 0.3) is 0 Å². The van der Waals surface area contributed by atoms with E-state index >= 15 is 0 Å². The molecule has 2 nitrogen and oxygen atoms in total. The zero-order valence-corrected chi connectivity index (χ0v) is 16.5. The molecule has 4 heteroatoms. The molecule has 0 aliphatic rings. The van der Waals surface area contributed by atoms with Crippen LogP contribution in [0.4, 0.5) is 0 Å². The minimum absolute atomic E-state index is 0.0168. The molecule has 0 unspecified atom stereocenters. The van der Waals surface area contributed by atoms with E-state index in [4.69, 9.17) is 0 Å². The number of benzene rings is 2. The van der Waals surface area contributed by atoms with Crippen LogP contribution in [0.25, 0.3) is 12.2 Å². The lowest BCUT2D eigenvalue weighted by Crippen LogP contribution is -1.90. The van der Waals surface area contributed by atoms with Gasteiger partial charge in [-0.25, -0.2) is 0 Å². The van der Waals surface area contributed by atoms with Crippen LogP contribution in [0.1, 0.15) is 23.6 Å². The molecule has 0 amide bonds. The molecule has 0 radical (unpaired) electrons. The maximum Gasteiger partial charge on any atom is 0.219 e. The lowest BCUT2D eigenvalue weighted by atomic mass is 10.1. The molecular formula is C22H20O2S2. The molecule has 0 saturated heterocycles. The van der Waals surface area contributed by atoms with Gasteiger partial charge in [-0.05, 0) is 90.0 Å². The lowest BCUT2D eigenvalue weighted by molar-refractivity contribution is -0.108. The van der Waals surface area contributed by atoms with E-state index in [0.717, 1.165) is 26.5 Å². The van der Waals surface area contributed by atoms with Gasteiger partial charge in [-0.3, -0.25) is 9.59 Å². The van der Waals surface area contributed by atoms with Crippen molar-refractivity contribution in [2.75, 3.05) is 0 Å². The van der Waals surface area contributed by atoms with Crippen molar-refractivity contribution < 1.29 is 9.59 Å². The van der Waals surface area contributed by atoms with Crippen molar-refractivity contribution in [2.45, 2.75) is 23.6 Å². The second-order valence-electron chi connectivity index (χ2n) is 5.72. The average molecular weight is 381 g/mol. The minimum Gasteiger partial charge on any atom is -0.282 e. The molecule has 2 rings (SSSR count). The molecule has 0 bridgehead atoms. The summed E-state index contributed by atoms with van der Waals surface area (Å²) in [5.41, 5.74) is 3.79. The molecule has 0 heterocycles. The smallest absolute Gasteiger partial charge is 0.219 e. The predicted octanol–water partition coefficient (Wildman–Crippen LogP) is 6.16. The predicted molar refractivity (Wildman–Crippen MR) is 113 cm³/mol. The monoisotopic (exact) mass is 380 g/mol. The Morgan fingerprint density at radius 2 is 1.62 bits per heavy atom. The molecule has 0 spiro atoms. The van der Waals surface area contributed by atoms with E-state index in [1.54, 1.807) is 6.92 Å². The Bertz CT molecular complexity index is 878. The maximum atomic E-state index is 11.7. The lowest BCUT2D eigenvalue weighted by Gasteiger charge is -2.04. The zero-order valence-electron chi connectivity index (χ0n) is 14.8.